The number of hydrogen-bond donors (Lipinski definition) is 1. The smallest absolute Gasteiger partial charge is 0.339 e. The Labute approximate surface area is 103 Å². The summed E-state index contributed by atoms with van der Waals surface area (Å²) in [6.07, 6.45) is 2.40. The molecule has 0 aliphatic heterocycles. The van der Waals surface area contributed by atoms with Gasteiger partial charge in [0.2, 0.25) is 5.60 Å². The Morgan fingerprint density at radius 3 is 2.12 bits per heavy atom. The summed E-state index contributed by atoms with van der Waals surface area (Å²) in [5, 5.41) is 13.9. The van der Waals surface area contributed by atoms with Gasteiger partial charge in [0.1, 0.15) is 0 Å². The molecule has 5 nitrogen and oxygen atoms in total. The van der Waals surface area contributed by atoms with Gasteiger partial charge in [0.05, 0.1) is 5.60 Å². The third kappa shape index (κ3) is 6.00. The largest absolute Gasteiger partial charge is 0.479 e. The zero-order chi connectivity index (χ0) is 13.5. The molecule has 1 N–H and O–H groups in total. The first-order valence-corrected chi connectivity index (χ1v) is 6.04. The Morgan fingerprint density at radius 2 is 1.76 bits per heavy atom. The highest BCUT2D eigenvalue weighted by Gasteiger charge is 2.40. The van der Waals surface area contributed by atoms with E-state index in [0.29, 0.717) is 12.8 Å². The van der Waals surface area contributed by atoms with Crippen LogP contribution in [0.25, 0.3) is 0 Å². The number of unbranched alkanes of at least 4 members (excludes halogenated alkanes) is 1. The van der Waals surface area contributed by atoms with E-state index in [1.807, 2.05) is 6.92 Å². The maximum atomic E-state index is 11.3. The van der Waals surface area contributed by atoms with Crippen molar-refractivity contribution in [3.8, 4) is 0 Å². The number of aliphatic carboxylic acids is 1. The van der Waals surface area contributed by atoms with Crippen LogP contribution in [0.5, 0.6) is 0 Å². The Bertz CT molecular complexity index is 234. The van der Waals surface area contributed by atoms with Crippen LogP contribution in [-0.4, -0.2) is 22.3 Å². The number of carboxylic acids is 1. The zero-order valence-electron chi connectivity index (χ0n) is 11.4. The molecule has 0 aromatic carbocycles. The Morgan fingerprint density at radius 1 is 1.18 bits per heavy atom. The SMILES string of the molecule is CCCCC(CC)(OOOC(C)(C)C)C(=O)O. The van der Waals surface area contributed by atoms with Gasteiger partial charge in [0.15, 0.2) is 0 Å². The van der Waals surface area contributed by atoms with Crippen LogP contribution in [0.2, 0.25) is 0 Å². The quantitative estimate of drug-likeness (QED) is 0.528. The second-order valence-electron chi connectivity index (χ2n) is 5.10. The Kier molecular flexibility index (Phi) is 6.67. The molecule has 0 radical (unpaired) electrons. The van der Waals surface area contributed by atoms with Gasteiger partial charge in [-0.05, 0) is 33.6 Å². The molecular weight excluding hydrogens is 224 g/mol. The summed E-state index contributed by atoms with van der Waals surface area (Å²) < 4.78 is 0. The molecule has 0 heterocycles. The summed E-state index contributed by atoms with van der Waals surface area (Å²) in [6.45, 7) is 9.11. The fraction of sp³-hybridized carbons (Fsp3) is 0.917. The number of rotatable bonds is 8. The van der Waals surface area contributed by atoms with E-state index >= 15 is 0 Å². The van der Waals surface area contributed by atoms with E-state index in [0.717, 1.165) is 12.8 Å². The van der Waals surface area contributed by atoms with E-state index in [-0.39, 0.29) is 0 Å². The maximum Gasteiger partial charge on any atom is 0.339 e. The van der Waals surface area contributed by atoms with Crippen LogP contribution >= 0.6 is 0 Å². The fourth-order valence-corrected chi connectivity index (χ4v) is 1.22. The van der Waals surface area contributed by atoms with Crippen LogP contribution in [-0.2, 0) is 19.6 Å². The van der Waals surface area contributed by atoms with Crippen LogP contribution in [0.4, 0.5) is 0 Å². The monoisotopic (exact) mass is 248 g/mol. The second-order valence-corrected chi connectivity index (χ2v) is 5.10. The summed E-state index contributed by atoms with van der Waals surface area (Å²) in [7, 11) is 0. The number of carbonyl (C=O) groups is 1. The van der Waals surface area contributed by atoms with Crippen molar-refractivity contribution in [3.05, 3.63) is 0 Å². The van der Waals surface area contributed by atoms with Crippen molar-refractivity contribution in [2.24, 2.45) is 0 Å². The average molecular weight is 248 g/mol. The summed E-state index contributed by atoms with van der Waals surface area (Å²) in [5.74, 6) is -1.02. The fourth-order valence-electron chi connectivity index (χ4n) is 1.22. The summed E-state index contributed by atoms with van der Waals surface area (Å²) in [6, 6.07) is 0. The molecule has 0 aliphatic rings. The van der Waals surface area contributed by atoms with Gasteiger partial charge < -0.3 is 5.11 Å². The lowest BCUT2D eigenvalue weighted by Gasteiger charge is -2.27. The first-order chi connectivity index (χ1) is 7.77. The number of carboxylic acid groups (broad SMARTS) is 1. The van der Waals surface area contributed by atoms with Crippen LogP contribution in [0, 0.1) is 0 Å². The van der Waals surface area contributed by atoms with Gasteiger partial charge in [0, 0.05) is 0 Å². The minimum atomic E-state index is -1.32. The molecule has 1 atom stereocenters. The van der Waals surface area contributed by atoms with Gasteiger partial charge in [0.25, 0.3) is 0 Å². The van der Waals surface area contributed by atoms with Crippen molar-refractivity contribution in [3.63, 3.8) is 0 Å². The second kappa shape index (κ2) is 6.93. The molecule has 0 amide bonds. The molecule has 0 aromatic rings. The van der Waals surface area contributed by atoms with Gasteiger partial charge in [-0.1, -0.05) is 31.7 Å². The van der Waals surface area contributed by atoms with Crippen LogP contribution in [0.15, 0.2) is 0 Å². The third-order valence-corrected chi connectivity index (χ3v) is 2.37. The van der Waals surface area contributed by atoms with Crippen LogP contribution in [0.3, 0.4) is 0 Å². The summed E-state index contributed by atoms with van der Waals surface area (Å²) in [4.78, 5) is 21.2. The first-order valence-electron chi connectivity index (χ1n) is 6.04. The third-order valence-electron chi connectivity index (χ3n) is 2.37. The van der Waals surface area contributed by atoms with Gasteiger partial charge in [-0.3, -0.25) is 0 Å². The summed E-state index contributed by atoms with van der Waals surface area (Å²) >= 11 is 0. The number of hydrogen-bond acceptors (Lipinski definition) is 4. The molecule has 0 rings (SSSR count). The van der Waals surface area contributed by atoms with Gasteiger partial charge in [-0.15, -0.1) is 0 Å². The van der Waals surface area contributed by atoms with Crippen LogP contribution in [0.1, 0.15) is 60.3 Å². The van der Waals surface area contributed by atoms with Crippen molar-refractivity contribution < 1.29 is 24.7 Å². The van der Waals surface area contributed by atoms with Gasteiger partial charge in [-0.2, -0.15) is 4.89 Å². The lowest BCUT2D eigenvalue weighted by molar-refractivity contribution is -0.561. The first kappa shape index (κ1) is 16.4. The molecule has 17 heavy (non-hydrogen) atoms. The molecule has 0 saturated heterocycles. The Balaban J connectivity index is 4.42. The molecule has 5 heteroatoms. The van der Waals surface area contributed by atoms with Crippen molar-refractivity contribution in [1.82, 2.24) is 0 Å². The molecule has 0 bridgehead atoms. The standard InChI is InChI=1S/C12H24O5/c1-6-8-9-12(7-2,10(13)14)16-17-15-11(3,4)5/h6-9H2,1-5H3,(H,13,14). The summed E-state index contributed by atoms with van der Waals surface area (Å²) in [5.41, 5.74) is -1.86. The predicted molar refractivity (Wildman–Crippen MR) is 63.2 cm³/mol. The predicted octanol–water partition coefficient (Wildman–Crippen LogP) is 3.09. The molecule has 0 fully saturated rings. The molecular formula is C12H24O5. The van der Waals surface area contributed by atoms with Gasteiger partial charge in [-0.25, -0.2) is 9.68 Å². The maximum absolute atomic E-state index is 11.3. The lowest BCUT2D eigenvalue weighted by Crippen LogP contribution is -2.41. The van der Waals surface area contributed by atoms with Crippen molar-refractivity contribution in [2.75, 3.05) is 0 Å². The molecule has 0 spiro atoms. The topological polar surface area (TPSA) is 65.0 Å². The van der Waals surface area contributed by atoms with E-state index in [1.165, 1.54) is 0 Å². The lowest BCUT2D eigenvalue weighted by atomic mass is 9.94. The minimum absolute atomic E-state index is 0.329. The normalized spacial score (nSPS) is 15.6. The molecule has 1 unspecified atom stereocenters. The highest BCUT2D eigenvalue weighted by atomic mass is 17.5. The van der Waals surface area contributed by atoms with E-state index in [2.05, 4.69) is 5.04 Å². The molecule has 0 saturated carbocycles. The van der Waals surface area contributed by atoms with Crippen molar-refractivity contribution in [2.45, 2.75) is 71.5 Å². The Hall–Kier alpha value is -0.650. The highest BCUT2D eigenvalue weighted by molar-refractivity contribution is 5.77. The molecule has 102 valence electrons. The van der Waals surface area contributed by atoms with Gasteiger partial charge >= 0.3 is 5.97 Å². The van der Waals surface area contributed by atoms with E-state index < -0.39 is 17.2 Å². The van der Waals surface area contributed by atoms with Crippen molar-refractivity contribution in [1.29, 1.82) is 0 Å². The van der Waals surface area contributed by atoms with Crippen molar-refractivity contribution >= 4 is 5.97 Å². The van der Waals surface area contributed by atoms with Crippen LogP contribution < -0.4 is 0 Å². The average Bonchev–Trinajstić information content (AvgIpc) is 2.21. The minimum Gasteiger partial charge on any atom is -0.479 e. The van der Waals surface area contributed by atoms with E-state index in [4.69, 9.17) is 9.78 Å². The highest BCUT2D eigenvalue weighted by Crippen LogP contribution is 2.25. The molecule has 0 aromatic heterocycles. The van der Waals surface area contributed by atoms with E-state index in [9.17, 15) is 9.90 Å². The zero-order valence-corrected chi connectivity index (χ0v) is 11.4. The molecule has 0 aliphatic carbocycles. The van der Waals surface area contributed by atoms with E-state index in [1.54, 1.807) is 27.7 Å².